The predicted molar refractivity (Wildman–Crippen MR) is 173 cm³/mol. The van der Waals surface area contributed by atoms with Gasteiger partial charge in [-0.15, -0.1) is 0 Å². The first-order chi connectivity index (χ1) is 19.8. The molecule has 3 unspecified atom stereocenters. The summed E-state index contributed by atoms with van der Waals surface area (Å²) in [6.45, 7) is 17.9. The van der Waals surface area contributed by atoms with Crippen LogP contribution in [0.2, 0.25) is 0 Å². The van der Waals surface area contributed by atoms with Gasteiger partial charge in [-0.2, -0.15) is 0 Å². The molecule has 2 aromatic rings. The van der Waals surface area contributed by atoms with Gasteiger partial charge in [0.15, 0.2) is 6.10 Å². The molecule has 1 aliphatic rings. The number of aliphatic hydroxyl groups is 1. The highest BCUT2D eigenvalue weighted by Gasteiger charge is 2.34. The fourth-order valence-electron chi connectivity index (χ4n) is 6.05. The number of carboxylic acids is 1. The van der Waals surface area contributed by atoms with E-state index in [0.29, 0.717) is 11.3 Å². The molecule has 0 saturated carbocycles. The van der Waals surface area contributed by atoms with E-state index in [4.69, 9.17) is 14.9 Å². The molecule has 5 heteroatoms. The van der Waals surface area contributed by atoms with E-state index >= 15 is 0 Å². The minimum absolute atomic E-state index is 0.0712. The summed E-state index contributed by atoms with van der Waals surface area (Å²) in [4.78, 5) is 10.2. The fraction of sp³-hybridized carbons (Fsp3) is 0.649. The second-order valence-corrected chi connectivity index (χ2v) is 13.6. The van der Waals surface area contributed by atoms with Crippen molar-refractivity contribution in [2.45, 2.75) is 138 Å². The van der Waals surface area contributed by atoms with E-state index < -0.39 is 12.1 Å². The molecule has 5 nitrogen and oxygen atoms in total. The van der Waals surface area contributed by atoms with E-state index in [0.717, 1.165) is 59.5 Å². The van der Waals surface area contributed by atoms with E-state index in [1.165, 1.54) is 56.9 Å². The van der Waals surface area contributed by atoms with Crippen LogP contribution in [0.15, 0.2) is 30.3 Å². The van der Waals surface area contributed by atoms with Gasteiger partial charge in [-0.1, -0.05) is 103 Å². The number of carbonyl (C=O) groups is 1. The number of fused-ring (bicyclic) bond motifs is 1. The quantitative estimate of drug-likeness (QED) is 0.206. The molecule has 0 amide bonds. The fourth-order valence-corrected chi connectivity index (χ4v) is 6.05. The highest BCUT2D eigenvalue weighted by atomic mass is 16.5. The molecule has 236 valence electrons. The smallest absolute Gasteiger partial charge is 0.337 e. The van der Waals surface area contributed by atoms with Crippen molar-refractivity contribution in [3.63, 3.8) is 0 Å². The van der Waals surface area contributed by atoms with Gasteiger partial charge in [-0.3, -0.25) is 0 Å². The number of hydrogen-bond donors (Lipinski definition) is 3. The molecule has 0 aromatic heterocycles. The van der Waals surface area contributed by atoms with Crippen LogP contribution < -0.4 is 4.74 Å². The summed E-state index contributed by atoms with van der Waals surface area (Å²) in [6.07, 6.45) is 12.6. The summed E-state index contributed by atoms with van der Waals surface area (Å²) in [5.74, 6) is 2.81. The molecule has 0 aliphatic carbocycles. The number of carboxylic acid groups (broad SMARTS) is 1. The van der Waals surface area contributed by atoms with E-state index in [1.54, 1.807) is 30.3 Å². The highest BCUT2D eigenvalue weighted by molar-refractivity contribution is 5.73. The molecule has 3 rings (SSSR count). The third-order valence-corrected chi connectivity index (χ3v) is 9.22. The maximum Gasteiger partial charge on any atom is 0.337 e. The van der Waals surface area contributed by atoms with Gasteiger partial charge in [0, 0.05) is 5.56 Å². The number of aliphatic hydroxyl groups excluding tert-OH is 1. The topological polar surface area (TPSA) is 87.0 Å². The molecule has 1 aliphatic heterocycles. The standard InChI is InChI=1S/C29H50O2.C8H8O3/c1-20(2)12-9-13-21(3)14-10-15-22(4)16-11-18-29(8)19-17-26-25(7)27(30)23(5)24(6)28(26)31-29;9-7(8(10)11)6-4-2-1-3-5-6/h20-22,30H,9-19H2,1-8H3;1-5,7,9H,(H,10,11)/t21?,22?,29-;/m1./s1. The Morgan fingerprint density at radius 1 is 0.857 bits per heavy atom. The number of aromatic hydroxyl groups is 1. The molecule has 0 spiro atoms. The Kier molecular flexibility index (Phi) is 14.4. The molecule has 1 heterocycles. The van der Waals surface area contributed by atoms with Gasteiger partial charge in [-0.25, -0.2) is 4.79 Å². The van der Waals surface area contributed by atoms with Crippen LogP contribution in [0.25, 0.3) is 0 Å². The first-order valence-corrected chi connectivity index (χ1v) is 16.2. The van der Waals surface area contributed by atoms with Gasteiger partial charge in [-0.05, 0) is 93.4 Å². The second-order valence-electron chi connectivity index (χ2n) is 13.6. The number of rotatable bonds is 14. The second kappa shape index (κ2) is 16.9. The Morgan fingerprint density at radius 2 is 1.40 bits per heavy atom. The van der Waals surface area contributed by atoms with Gasteiger partial charge in [0.1, 0.15) is 17.1 Å². The average molecular weight is 583 g/mol. The Hall–Kier alpha value is -2.53. The van der Waals surface area contributed by atoms with Gasteiger partial charge < -0.3 is 20.1 Å². The van der Waals surface area contributed by atoms with Crippen molar-refractivity contribution in [2.24, 2.45) is 17.8 Å². The minimum atomic E-state index is -1.41. The van der Waals surface area contributed by atoms with Crippen LogP contribution in [0.4, 0.5) is 0 Å². The molecule has 4 atom stereocenters. The third kappa shape index (κ3) is 10.9. The van der Waals surface area contributed by atoms with E-state index in [2.05, 4.69) is 41.5 Å². The number of aliphatic carboxylic acids is 1. The molecule has 0 radical (unpaired) electrons. The van der Waals surface area contributed by atoms with Crippen LogP contribution in [0, 0.1) is 38.5 Å². The van der Waals surface area contributed by atoms with Gasteiger partial charge in [0.2, 0.25) is 0 Å². The van der Waals surface area contributed by atoms with Crippen molar-refractivity contribution < 1.29 is 24.9 Å². The lowest BCUT2D eigenvalue weighted by Crippen LogP contribution is -2.37. The van der Waals surface area contributed by atoms with Crippen molar-refractivity contribution in [3.8, 4) is 11.5 Å². The first-order valence-electron chi connectivity index (χ1n) is 16.2. The maximum absolute atomic E-state index is 10.4. The van der Waals surface area contributed by atoms with Crippen LogP contribution >= 0.6 is 0 Å². The summed E-state index contributed by atoms with van der Waals surface area (Å²) in [7, 11) is 0. The first kappa shape index (κ1) is 35.7. The summed E-state index contributed by atoms with van der Waals surface area (Å²) in [5.41, 5.74) is 4.63. The van der Waals surface area contributed by atoms with Crippen molar-refractivity contribution in [1.29, 1.82) is 0 Å². The number of benzene rings is 2. The molecule has 0 bridgehead atoms. The predicted octanol–water partition coefficient (Wildman–Crippen LogP) is 9.64. The van der Waals surface area contributed by atoms with E-state index in [-0.39, 0.29) is 5.60 Å². The summed E-state index contributed by atoms with van der Waals surface area (Å²) < 4.78 is 6.60. The zero-order valence-electron chi connectivity index (χ0n) is 27.6. The van der Waals surface area contributed by atoms with Crippen LogP contribution in [0.5, 0.6) is 11.5 Å². The van der Waals surface area contributed by atoms with Crippen LogP contribution in [-0.4, -0.2) is 26.9 Å². The molecule has 42 heavy (non-hydrogen) atoms. The minimum Gasteiger partial charge on any atom is -0.507 e. The third-order valence-electron chi connectivity index (χ3n) is 9.22. The van der Waals surface area contributed by atoms with Crippen molar-refractivity contribution in [1.82, 2.24) is 0 Å². The van der Waals surface area contributed by atoms with Gasteiger partial charge in [0.05, 0.1) is 0 Å². The van der Waals surface area contributed by atoms with E-state index in [9.17, 15) is 9.90 Å². The van der Waals surface area contributed by atoms with Crippen LogP contribution in [0.1, 0.15) is 133 Å². The van der Waals surface area contributed by atoms with Crippen molar-refractivity contribution >= 4 is 5.97 Å². The molecular weight excluding hydrogens is 524 g/mol. The normalized spacial score (nSPS) is 18.3. The lowest BCUT2D eigenvalue weighted by Gasteiger charge is -2.38. The zero-order valence-corrected chi connectivity index (χ0v) is 27.6. The molecule has 3 N–H and O–H groups in total. The molecule has 0 saturated heterocycles. The summed E-state index contributed by atoms with van der Waals surface area (Å²) in [6, 6.07) is 8.26. The lowest BCUT2D eigenvalue weighted by molar-refractivity contribution is -0.146. The SMILES string of the molecule is Cc1c(C)c2c(c(C)c1O)CC[C@@](C)(CCCC(C)CCCC(C)CCCC(C)C)O2.O=C(O)C(O)c1ccccc1. The average Bonchev–Trinajstić information content (AvgIpc) is 2.95. The molecule has 2 aromatic carbocycles. The highest BCUT2D eigenvalue weighted by Crippen LogP contribution is 2.44. The largest absolute Gasteiger partial charge is 0.507 e. The zero-order chi connectivity index (χ0) is 31.4. The molecular formula is C37H58O5. The number of ether oxygens (including phenoxy) is 1. The Balaban J connectivity index is 0.000000468. The van der Waals surface area contributed by atoms with Crippen LogP contribution in [0.3, 0.4) is 0 Å². The van der Waals surface area contributed by atoms with Crippen LogP contribution in [-0.2, 0) is 11.2 Å². The maximum atomic E-state index is 10.4. The summed E-state index contributed by atoms with van der Waals surface area (Å²) in [5, 5.41) is 27.8. The Bertz CT molecular complexity index is 1110. The summed E-state index contributed by atoms with van der Waals surface area (Å²) >= 11 is 0. The number of phenols is 1. The number of phenolic OH excluding ortho intramolecular Hbond substituents is 1. The van der Waals surface area contributed by atoms with Crippen molar-refractivity contribution in [2.75, 3.05) is 0 Å². The Labute approximate surface area is 255 Å². The monoisotopic (exact) mass is 582 g/mol. The van der Waals surface area contributed by atoms with Gasteiger partial charge >= 0.3 is 5.97 Å². The lowest BCUT2D eigenvalue weighted by atomic mass is 9.84. The Morgan fingerprint density at radius 3 is 1.95 bits per heavy atom. The van der Waals surface area contributed by atoms with Crippen molar-refractivity contribution in [3.05, 3.63) is 58.1 Å². The van der Waals surface area contributed by atoms with Gasteiger partial charge in [0.25, 0.3) is 0 Å². The molecule has 0 fully saturated rings. The number of hydrogen-bond acceptors (Lipinski definition) is 4. The van der Waals surface area contributed by atoms with E-state index in [1.807, 2.05) is 13.8 Å².